The molecule has 0 amide bonds. The Bertz CT molecular complexity index is 433. The number of aliphatic carboxylic acids is 1. The summed E-state index contributed by atoms with van der Waals surface area (Å²) >= 11 is 0. The van der Waals surface area contributed by atoms with E-state index in [4.69, 9.17) is 4.74 Å². The first-order chi connectivity index (χ1) is 9.20. The van der Waals surface area contributed by atoms with Crippen LogP contribution in [-0.2, 0) is 4.79 Å². The van der Waals surface area contributed by atoms with E-state index >= 15 is 0 Å². The summed E-state index contributed by atoms with van der Waals surface area (Å²) < 4.78 is 5.16. The minimum atomic E-state index is -0.757. The van der Waals surface area contributed by atoms with Crippen molar-refractivity contribution in [3.63, 3.8) is 0 Å². The third-order valence-electron chi connectivity index (χ3n) is 3.73. The zero-order valence-electron chi connectivity index (χ0n) is 11.7. The van der Waals surface area contributed by atoms with Gasteiger partial charge in [-0.3, -0.25) is 4.79 Å². The van der Waals surface area contributed by atoms with E-state index in [9.17, 15) is 9.90 Å². The Morgan fingerprint density at radius 2 is 2.10 bits per heavy atom. The van der Waals surface area contributed by atoms with Crippen LogP contribution >= 0.6 is 12.4 Å². The van der Waals surface area contributed by atoms with Gasteiger partial charge in [-0.25, -0.2) is 0 Å². The summed E-state index contributed by atoms with van der Waals surface area (Å²) in [4.78, 5) is 13.8. The summed E-state index contributed by atoms with van der Waals surface area (Å²) in [6.07, 6.45) is 3.12. The Balaban J connectivity index is 0.00000200. The second-order valence-electron chi connectivity index (χ2n) is 5.00. The number of rotatable bonds is 6. The summed E-state index contributed by atoms with van der Waals surface area (Å²) in [6.45, 7) is 3.06. The fourth-order valence-corrected chi connectivity index (χ4v) is 2.61. The van der Waals surface area contributed by atoms with Gasteiger partial charge in [0.25, 0.3) is 0 Å². The first-order valence-electron chi connectivity index (χ1n) is 6.80. The summed E-state index contributed by atoms with van der Waals surface area (Å²) in [5.74, 6) is -0.493. The molecule has 2 rings (SSSR count). The molecule has 1 N–H and O–H groups in total. The van der Waals surface area contributed by atoms with Crippen LogP contribution in [0.5, 0.6) is 5.75 Å². The largest absolute Gasteiger partial charge is 0.497 e. The van der Waals surface area contributed by atoms with Gasteiger partial charge in [-0.15, -0.1) is 12.4 Å². The molecule has 1 aliphatic rings. The number of hydrogen-bond acceptors (Lipinski definition) is 3. The third-order valence-corrected chi connectivity index (χ3v) is 3.73. The highest BCUT2D eigenvalue weighted by Gasteiger charge is 2.22. The molecule has 1 aromatic rings. The van der Waals surface area contributed by atoms with Gasteiger partial charge in [-0.1, -0.05) is 12.1 Å². The third kappa shape index (κ3) is 4.39. The molecule has 5 heteroatoms. The second-order valence-corrected chi connectivity index (χ2v) is 5.00. The Labute approximate surface area is 126 Å². The molecule has 1 saturated heterocycles. The molecule has 1 unspecified atom stereocenters. The smallest absolute Gasteiger partial charge is 0.311 e. The molecular formula is C15H22ClNO3. The summed E-state index contributed by atoms with van der Waals surface area (Å²) in [6, 6.07) is 7.37. The van der Waals surface area contributed by atoms with Crippen LogP contribution in [0.4, 0.5) is 0 Å². The van der Waals surface area contributed by atoms with Crippen molar-refractivity contribution in [2.24, 2.45) is 0 Å². The number of carbonyl (C=O) groups is 1. The molecule has 0 spiro atoms. The van der Waals surface area contributed by atoms with Crippen LogP contribution in [0.25, 0.3) is 0 Å². The number of hydrogen-bond donors (Lipinski definition) is 1. The number of halogens is 1. The number of methoxy groups -OCH3 is 1. The van der Waals surface area contributed by atoms with Crippen LogP contribution < -0.4 is 4.74 Å². The van der Waals surface area contributed by atoms with Crippen molar-refractivity contribution in [1.29, 1.82) is 0 Å². The van der Waals surface area contributed by atoms with Gasteiger partial charge in [0.1, 0.15) is 5.75 Å². The van der Waals surface area contributed by atoms with Gasteiger partial charge in [-0.2, -0.15) is 0 Å². The quantitative estimate of drug-likeness (QED) is 0.877. The maximum absolute atomic E-state index is 11.4. The van der Waals surface area contributed by atoms with Crippen molar-refractivity contribution in [2.75, 3.05) is 26.7 Å². The lowest BCUT2D eigenvalue weighted by atomic mass is 9.95. The predicted octanol–water partition coefficient (Wildman–Crippen LogP) is 2.77. The van der Waals surface area contributed by atoms with Crippen molar-refractivity contribution in [2.45, 2.75) is 25.2 Å². The first-order valence-corrected chi connectivity index (χ1v) is 6.80. The van der Waals surface area contributed by atoms with Crippen molar-refractivity contribution >= 4 is 18.4 Å². The SMILES string of the molecule is COc1cccc(C(CCN2CCCC2)C(=O)O)c1.Cl. The molecule has 4 nitrogen and oxygen atoms in total. The summed E-state index contributed by atoms with van der Waals surface area (Å²) in [5, 5.41) is 9.40. The number of likely N-dealkylation sites (tertiary alicyclic amines) is 1. The topological polar surface area (TPSA) is 49.8 Å². The van der Waals surface area contributed by atoms with Gasteiger partial charge in [0.05, 0.1) is 13.0 Å². The zero-order valence-corrected chi connectivity index (χ0v) is 12.6. The lowest BCUT2D eigenvalue weighted by Gasteiger charge is -2.19. The van der Waals surface area contributed by atoms with Crippen LogP contribution in [0, 0.1) is 0 Å². The number of nitrogens with zero attached hydrogens (tertiary/aromatic N) is 1. The van der Waals surface area contributed by atoms with Crippen LogP contribution in [0.15, 0.2) is 24.3 Å². The molecule has 0 bridgehead atoms. The van der Waals surface area contributed by atoms with E-state index in [1.807, 2.05) is 24.3 Å². The van der Waals surface area contributed by atoms with E-state index in [0.29, 0.717) is 12.2 Å². The molecule has 1 fully saturated rings. The van der Waals surface area contributed by atoms with E-state index in [2.05, 4.69) is 4.90 Å². The van der Waals surface area contributed by atoms with Crippen LogP contribution in [0.2, 0.25) is 0 Å². The van der Waals surface area contributed by atoms with Crippen molar-refractivity contribution in [3.05, 3.63) is 29.8 Å². The fraction of sp³-hybridized carbons (Fsp3) is 0.533. The molecule has 0 aliphatic carbocycles. The highest BCUT2D eigenvalue weighted by Crippen LogP contribution is 2.25. The summed E-state index contributed by atoms with van der Waals surface area (Å²) in [7, 11) is 1.60. The molecule has 1 aromatic carbocycles. The van der Waals surface area contributed by atoms with Gasteiger partial charge in [0, 0.05) is 0 Å². The molecule has 1 heterocycles. The van der Waals surface area contributed by atoms with E-state index in [1.54, 1.807) is 7.11 Å². The Morgan fingerprint density at radius 3 is 2.70 bits per heavy atom. The van der Waals surface area contributed by atoms with Crippen LogP contribution in [0.3, 0.4) is 0 Å². The lowest BCUT2D eigenvalue weighted by molar-refractivity contribution is -0.139. The monoisotopic (exact) mass is 299 g/mol. The minimum absolute atomic E-state index is 0. The zero-order chi connectivity index (χ0) is 13.7. The van der Waals surface area contributed by atoms with E-state index < -0.39 is 11.9 Å². The lowest BCUT2D eigenvalue weighted by Crippen LogP contribution is -2.24. The van der Waals surface area contributed by atoms with Gasteiger partial charge in [-0.05, 0) is 56.6 Å². The Morgan fingerprint density at radius 1 is 1.40 bits per heavy atom. The van der Waals surface area contributed by atoms with Gasteiger partial charge in [0.15, 0.2) is 0 Å². The molecule has 112 valence electrons. The maximum Gasteiger partial charge on any atom is 0.311 e. The van der Waals surface area contributed by atoms with Gasteiger partial charge in [0.2, 0.25) is 0 Å². The van der Waals surface area contributed by atoms with Gasteiger partial charge < -0.3 is 14.7 Å². The summed E-state index contributed by atoms with van der Waals surface area (Å²) in [5.41, 5.74) is 0.825. The fourth-order valence-electron chi connectivity index (χ4n) is 2.61. The molecule has 1 atom stereocenters. The maximum atomic E-state index is 11.4. The van der Waals surface area contributed by atoms with E-state index in [-0.39, 0.29) is 12.4 Å². The number of ether oxygens (including phenoxy) is 1. The molecule has 1 aliphatic heterocycles. The standard InChI is InChI=1S/C15H21NO3.ClH/c1-19-13-6-4-5-12(11-13)14(15(17)18)7-10-16-8-2-3-9-16;/h4-6,11,14H,2-3,7-10H2,1H3,(H,17,18);1H. The van der Waals surface area contributed by atoms with E-state index in [1.165, 1.54) is 12.8 Å². The average molecular weight is 300 g/mol. The Kier molecular flexibility index (Phi) is 6.82. The normalized spacial score (nSPS) is 16.4. The number of carboxylic acids is 1. The average Bonchev–Trinajstić information content (AvgIpc) is 2.92. The molecule has 0 saturated carbocycles. The van der Waals surface area contributed by atoms with Crippen LogP contribution in [-0.4, -0.2) is 42.7 Å². The highest BCUT2D eigenvalue weighted by molar-refractivity contribution is 5.85. The molecular weight excluding hydrogens is 278 g/mol. The first kappa shape index (κ1) is 16.8. The van der Waals surface area contributed by atoms with E-state index in [0.717, 1.165) is 25.2 Å². The minimum Gasteiger partial charge on any atom is -0.497 e. The van der Waals surface area contributed by atoms with Gasteiger partial charge >= 0.3 is 5.97 Å². The second kappa shape index (κ2) is 8.12. The molecule has 0 aromatic heterocycles. The predicted molar refractivity (Wildman–Crippen MR) is 80.9 cm³/mol. The van der Waals surface area contributed by atoms with Crippen molar-refractivity contribution in [1.82, 2.24) is 4.90 Å². The highest BCUT2D eigenvalue weighted by atomic mass is 35.5. The van der Waals surface area contributed by atoms with Crippen molar-refractivity contribution in [3.8, 4) is 5.75 Å². The molecule has 20 heavy (non-hydrogen) atoms. The Hall–Kier alpha value is -1.26. The number of carboxylic acid groups (broad SMARTS) is 1. The molecule has 0 radical (unpaired) electrons. The van der Waals surface area contributed by atoms with Crippen molar-refractivity contribution < 1.29 is 14.6 Å². The number of benzene rings is 1. The van der Waals surface area contributed by atoms with Crippen LogP contribution in [0.1, 0.15) is 30.7 Å².